The van der Waals surface area contributed by atoms with E-state index in [1.807, 2.05) is 0 Å². The Morgan fingerprint density at radius 2 is 1.83 bits per heavy atom. The van der Waals surface area contributed by atoms with Crippen molar-refractivity contribution in [3.63, 3.8) is 0 Å². The number of rotatable bonds is 4. The van der Waals surface area contributed by atoms with Crippen LogP contribution in [-0.4, -0.2) is 10.2 Å². The van der Waals surface area contributed by atoms with E-state index in [2.05, 4.69) is 15.2 Å². The molecule has 0 amide bonds. The lowest BCUT2D eigenvalue weighted by atomic mass is 10.2. The number of nitrogens with zero attached hydrogens (tertiary/aromatic N) is 4. The summed E-state index contributed by atoms with van der Waals surface area (Å²) in [4.78, 5) is 8.49. The summed E-state index contributed by atoms with van der Waals surface area (Å²) in [5.74, 6) is 0. The molecule has 0 unspecified atom stereocenters. The Bertz CT molecular complexity index is 868. The van der Waals surface area contributed by atoms with E-state index in [4.69, 9.17) is 32.6 Å². The Balaban J connectivity index is 2.43. The van der Waals surface area contributed by atoms with Gasteiger partial charge in [0.05, 0.1) is 0 Å². The molecule has 0 fully saturated rings. The summed E-state index contributed by atoms with van der Waals surface area (Å²) < 4.78 is 0. The predicted octanol–water partition coefficient (Wildman–Crippen LogP) is 3.55. The van der Waals surface area contributed by atoms with Crippen molar-refractivity contribution in [2.75, 3.05) is 5.32 Å². The normalized spacial score (nSPS) is 9.17. The highest BCUT2D eigenvalue weighted by atomic mass is 35.5. The van der Waals surface area contributed by atoms with Gasteiger partial charge in [0.25, 0.3) is 0 Å². The predicted molar refractivity (Wildman–Crippen MR) is 83.3 cm³/mol. The SMILES string of the molecule is N#CC(C#N)=C(C#N)Nc1nc(-c2ccc(Cl)cc2)c(OO)s1. The molecule has 0 atom stereocenters. The fourth-order valence-corrected chi connectivity index (χ4v) is 2.49. The van der Waals surface area contributed by atoms with E-state index < -0.39 is 0 Å². The summed E-state index contributed by atoms with van der Waals surface area (Å²) in [5, 5.41) is 39.0. The molecule has 2 rings (SSSR count). The minimum atomic E-state index is -0.373. The summed E-state index contributed by atoms with van der Waals surface area (Å²) in [5.41, 5.74) is 0.341. The van der Waals surface area contributed by atoms with Crippen molar-refractivity contribution >= 4 is 28.1 Å². The largest absolute Gasteiger partial charge is 0.327 e. The highest BCUT2D eigenvalue weighted by molar-refractivity contribution is 7.17. The van der Waals surface area contributed by atoms with Crippen LogP contribution in [0.4, 0.5) is 5.13 Å². The van der Waals surface area contributed by atoms with Gasteiger partial charge in [0, 0.05) is 10.6 Å². The third kappa shape index (κ3) is 3.57. The van der Waals surface area contributed by atoms with Crippen LogP contribution < -0.4 is 10.2 Å². The molecule has 0 saturated heterocycles. The molecule has 0 aliphatic heterocycles. The number of halogens is 1. The van der Waals surface area contributed by atoms with Crippen LogP contribution in [0.15, 0.2) is 35.5 Å². The van der Waals surface area contributed by atoms with Gasteiger partial charge in [-0.2, -0.15) is 15.8 Å². The van der Waals surface area contributed by atoms with Crippen molar-refractivity contribution in [2.45, 2.75) is 0 Å². The standard InChI is InChI=1S/C14H6ClN5O2S/c15-10-3-1-8(2-4-10)12-13(22-21)23-14(20-12)19-11(7-18)9(5-16)6-17/h1-4,21H,(H,19,20). The van der Waals surface area contributed by atoms with E-state index in [0.29, 0.717) is 16.3 Å². The number of hydrogen-bond acceptors (Lipinski definition) is 8. The average Bonchev–Trinajstić information content (AvgIpc) is 2.98. The maximum Gasteiger partial charge on any atom is 0.248 e. The molecule has 23 heavy (non-hydrogen) atoms. The second-order valence-corrected chi connectivity index (χ2v) is 5.36. The number of hydrogen-bond donors (Lipinski definition) is 2. The molecule has 0 aliphatic rings. The van der Waals surface area contributed by atoms with E-state index in [0.717, 1.165) is 11.3 Å². The fraction of sp³-hybridized carbons (Fsp3) is 0. The third-order valence-electron chi connectivity index (χ3n) is 2.61. The van der Waals surface area contributed by atoms with Crippen molar-refractivity contribution in [1.29, 1.82) is 15.8 Å². The Labute approximate surface area is 139 Å². The zero-order valence-corrected chi connectivity index (χ0v) is 12.8. The zero-order valence-electron chi connectivity index (χ0n) is 11.2. The smallest absolute Gasteiger partial charge is 0.248 e. The second-order valence-electron chi connectivity index (χ2n) is 3.96. The first-order chi connectivity index (χ1) is 11.1. The first-order valence-electron chi connectivity index (χ1n) is 5.92. The van der Waals surface area contributed by atoms with Crippen LogP contribution in [0.3, 0.4) is 0 Å². The summed E-state index contributed by atoms with van der Waals surface area (Å²) >= 11 is 6.73. The first-order valence-corrected chi connectivity index (χ1v) is 7.12. The first kappa shape index (κ1) is 16.3. The Morgan fingerprint density at radius 3 is 2.35 bits per heavy atom. The van der Waals surface area contributed by atoms with Crippen molar-refractivity contribution in [3.8, 4) is 34.5 Å². The maximum atomic E-state index is 9.01. The van der Waals surface area contributed by atoms with Crippen molar-refractivity contribution in [2.24, 2.45) is 0 Å². The maximum absolute atomic E-state index is 9.01. The van der Waals surface area contributed by atoms with Crippen LogP contribution in [-0.2, 0) is 0 Å². The molecule has 2 aromatic rings. The number of anilines is 1. The van der Waals surface area contributed by atoms with Crippen LogP contribution in [0, 0.1) is 34.0 Å². The molecule has 7 nitrogen and oxygen atoms in total. The van der Waals surface area contributed by atoms with Gasteiger partial charge in [-0.15, -0.1) is 0 Å². The van der Waals surface area contributed by atoms with E-state index >= 15 is 0 Å². The van der Waals surface area contributed by atoms with Crippen LogP contribution in [0.5, 0.6) is 5.06 Å². The van der Waals surface area contributed by atoms with Crippen LogP contribution in [0.2, 0.25) is 5.02 Å². The Kier molecular flexibility index (Phi) is 5.14. The van der Waals surface area contributed by atoms with Gasteiger partial charge in [-0.05, 0) is 12.1 Å². The molecule has 0 saturated carbocycles. The van der Waals surface area contributed by atoms with Gasteiger partial charge in [0.1, 0.15) is 29.6 Å². The molecule has 112 valence electrons. The van der Waals surface area contributed by atoms with Gasteiger partial charge in [0.2, 0.25) is 5.06 Å². The number of aromatic nitrogens is 1. The minimum Gasteiger partial charge on any atom is -0.327 e. The molecular weight excluding hydrogens is 338 g/mol. The van der Waals surface area contributed by atoms with Gasteiger partial charge < -0.3 is 10.2 Å². The zero-order chi connectivity index (χ0) is 16.8. The summed E-state index contributed by atoms with van der Waals surface area (Å²) in [6.07, 6.45) is 0. The van der Waals surface area contributed by atoms with Gasteiger partial charge in [-0.1, -0.05) is 35.1 Å². The monoisotopic (exact) mass is 343 g/mol. The van der Waals surface area contributed by atoms with Gasteiger partial charge in [-0.3, -0.25) is 0 Å². The second kappa shape index (κ2) is 7.26. The van der Waals surface area contributed by atoms with E-state index in [-0.39, 0.29) is 21.5 Å². The highest BCUT2D eigenvalue weighted by Crippen LogP contribution is 2.38. The molecule has 1 heterocycles. The van der Waals surface area contributed by atoms with Gasteiger partial charge in [-0.25, -0.2) is 10.2 Å². The lowest BCUT2D eigenvalue weighted by Gasteiger charge is -1.99. The Morgan fingerprint density at radius 1 is 1.17 bits per heavy atom. The van der Waals surface area contributed by atoms with Gasteiger partial charge >= 0.3 is 0 Å². The van der Waals surface area contributed by atoms with Gasteiger partial charge in [0.15, 0.2) is 10.7 Å². The molecule has 1 aromatic carbocycles. The molecule has 9 heteroatoms. The Hall–Kier alpha value is -3.09. The number of benzene rings is 1. The molecule has 0 aliphatic carbocycles. The number of thiazole rings is 1. The molecule has 1 aromatic heterocycles. The van der Waals surface area contributed by atoms with Crippen molar-refractivity contribution < 1.29 is 10.1 Å². The minimum absolute atomic E-state index is 0.0857. The number of nitriles is 3. The van der Waals surface area contributed by atoms with Crippen molar-refractivity contribution in [3.05, 3.63) is 40.6 Å². The molecule has 0 radical (unpaired) electrons. The molecule has 0 spiro atoms. The third-order valence-corrected chi connectivity index (χ3v) is 3.71. The number of nitrogens with one attached hydrogen (secondary N) is 1. The lowest BCUT2D eigenvalue weighted by Crippen LogP contribution is -2.00. The van der Waals surface area contributed by atoms with Crippen LogP contribution in [0.25, 0.3) is 11.3 Å². The number of allylic oxidation sites excluding steroid dienone is 2. The van der Waals surface area contributed by atoms with Crippen LogP contribution >= 0.6 is 22.9 Å². The quantitative estimate of drug-likeness (QED) is 0.493. The fourth-order valence-electron chi connectivity index (χ4n) is 1.60. The average molecular weight is 344 g/mol. The summed E-state index contributed by atoms with van der Waals surface area (Å²) in [7, 11) is 0. The molecular formula is C14H6ClN5O2S. The topological polar surface area (TPSA) is 126 Å². The van der Waals surface area contributed by atoms with Crippen LogP contribution in [0.1, 0.15) is 0 Å². The lowest BCUT2D eigenvalue weighted by molar-refractivity contribution is -0.133. The molecule has 2 N–H and O–H groups in total. The summed E-state index contributed by atoms with van der Waals surface area (Å²) in [6, 6.07) is 11.6. The van der Waals surface area contributed by atoms with Crippen molar-refractivity contribution in [1.82, 2.24) is 4.98 Å². The van der Waals surface area contributed by atoms with E-state index in [1.165, 1.54) is 0 Å². The molecule has 0 bridgehead atoms. The highest BCUT2D eigenvalue weighted by Gasteiger charge is 2.17. The van der Waals surface area contributed by atoms with E-state index in [1.54, 1.807) is 42.5 Å². The summed E-state index contributed by atoms with van der Waals surface area (Å²) in [6.45, 7) is 0. The van der Waals surface area contributed by atoms with E-state index in [9.17, 15) is 0 Å².